The lowest BCUT2D eigenvalue weighted by atomic mass is 10.2. The first-order valence-electron chi connectivity index (χ1n) is 5.38. The van der Waals surface area contributed by atoms with Crippen molar-refractivity contribution in [3.8, 4) is 0 Å². The summed E-state index contributed by atoms with van der Waals surface area (Å²) in [4.78, 5) is 0. The number of nitrogens with one attached hydrogen (secondary N) is 1. The van der Waals surface area contributed by atoms with Crippen LogP contribution in [0.25, 0.3) is 0 Å². The first-order chi connectivity index (χ1) is 7.63. The van der Waals surface area contributed by atoms with Gasteiger partial charge in [-0.15, -0.1) is 0 Å². The fraction of sp³-hybridized carbons (Fsp3) is 0.500. The maximum atomic E-state index is 13.4. The lowest BCUT2D eigenvalue weighted by molar-refractivity contribution is 0.557. The topological polar surface area (TPSA) is 12.0 Å². The van der Waals surface area contributed by atoms with Gasteiger partial charge in [-0.25, -0.2) is 4.39 Å². The van der Waals surface area contributed by atoms with Gasteiger partial charge in [-0.2, -0.15) is 11.8 Å². The van der Waals surface area contributed by atoms with E-state index >= 15 is 0 Å². The first kappa shape index (κ1) is 13.8. The molecule has 0 saturated carbocycles. The van der Waals surface area contributed by atoms with E-state index in [9.17, 15) is 4.39 Å². The molecule has 0 radical (unpaired) electrons. The van der Waals surface area contributed by atoms with Gasteiger partial charge >= 0.3 is 0 Å². The SMILES string of the molecule is CCSCC(C)NCc1cc(Cl)ccc1F. The molecule has 0 saturated heterocycles. The third-order valence-corrected chi connectivity index (χ3v) is 3.60. The summed E-state index contributed by atoms with van der Waals surface area (Å²) in [5.74, 6) is 1.95. The molecule has 1 rings (SSSR count). The molecule has 1 aromatic carbocycles. The molecule has 0 heterocycles. The largest absolute Gasteiger partial charge is 0.309 e. The molecule has 0 spiro atoms. The average molecular weight is 262 g/mol. The Bertz CT molecular complexity index is 333. The number of hydrogen-bond acceptors (Lipinski definition) is 2. The van der Waals surface area contributed by atoms with E-state index in [1.54, 1.807) is 12.1 Å². The highest BCUT2D eigenvalue weighted by molar-refractivity contribution is 7.99. The van der Waals surface area contributed by atoms with Gasteiger partial charge < -0.3 is 5.32 Å². The van der Waals surface area contributed by atoms with E-state index < -0.39 is 0 Å². The smallest absolute Gasteiger partial charge is 0.127 e. The van der Waals surface area contributed by atoms with Crippen molar-refractivity contribution >= 4 is 23.4 Å². The molecule has 0 bridgehead atoms. The first-order valence-corrected chi connectivity index (χ1v) is 6.91. The second kappa shape index (κ2) is 7.15. The third-order valence-electron chi connectivity index (χ3n) is 2.22. The Kier molecular flexibility index (Phi) is 6.17. The minimum Gasteiger partial charge on any atom is -0.309 e. The highest BCUT2D eigenvalue weighted by atomic mass is 35.5. The molecule has 0 aliphatic carbocycles. The molecule has 1 nitrogen and oxygen atoms in total. The van der Waals surface area contributed by atoms with Crippen molar-refractivity contribution in [1.29, 1.82) is 0 Å². The summed E-state index contributed by atoms with van der Waals surface area (Å²) >= 11 is 7.69. The van der Waals surface area contributed by atoms with Crippen molar-refractivity contribution in [3.05, 3.63) is 34.6 Å². The Morgan fingerprint density at radius 3 is 2.94 bits per heavy atom. The fourth-order valence-electron chi connectivity index (χ4n) is 1.32. The van der Waals surface area contributed by atoms with Crippen molar-refractivity contribution < 1.29 is 4.39 Å². The second-order valence-electron chi connectivity index (χ2n) is 3.68. The minimum atomic E-state index is -0.202. The number of rotatable bonds is 6. The van der Waals surface area contributed by atoms with Crippen LogP contribution in [-0.2, 0) is 6.54 Å². The fourth-order valence-corrected chi connectivity index (χ4v) is 2.22. The molecular formula is C12H17ClFNS. The van der Waals surface area contributed by atoms with Gasteiger partial charge in [0.15, 0.2) is 0 Å². The van der Waals surface area contributed by atoms with Crippen LogP contribution in [0.2, 0.25) is 5.02 Å². The van der Waals surface area contributed by atoms with Crippen LogP contribution in [0.15, 0.2) is 18.2 Å². The molecule has 90 valence electrons. The molecule has 0 amide bonds. The van der Waals surface area contributed by atoms with Crippen molar-refractivity contribution in [2.24, 2.45) is 0 Å². The molecule has 1 aromatic rings. The molecule has 4 heteroatoms. The van der Waals surface area contributed by atoms with E-state index in [1.165, 1.54) is 6.07 Å². The van der Waals surface area contributed by atoms with E-state index in [0.29, 0.717) is 23.2 Å². The van der Waals surface area contributed by atoms with E-state index in [4.69, 9.17) is 11.6 Å². The maximum Gasteiger partial charge on any atom is 0.127 e. The summed E-state index contributed by atoms with van der Waals surface area (Å²) in [7, 11) is 0. The number of benzene rings is 1. The monoisotopic (exact) mass is 261 g/mol. The lowest BCUT2D eigenvalue weighted by Gasteiger charge is -2.13. The predicted molar refractivity (Wildman–Crippen MR) is 70.7 cm³/mol. The van der Waals surface area contributed by atoms with Crippen molar-refractivity contribution in [1.82, 2.24) is 5.32 Å². The predicted octanol–water partition coefficient (Wildman–Crippen LogP) is 3.71. The van der Waals surface area contributed by atoms with Crippen LogP contribution in [0, 0.1) is 5.82 Å². The van der Waals surface area contributed by atoms with Gasteiger partial charge in [0.2, 0.25) is 0 Å². The zero-order valence-electron chi connectivity index (χ0n) is 9.59. The Morgan fingerprint density at radius 1 is 1.50 bits per heavy atom. The van der Waals surface area contributed by atoms with Crippen molar-refractivity contribution in [2.75, 3.05) is 11.5 Å². The lowest BCUT2D eigenvalue weighted by Crippen LogP contribution is -2.28. The molecule has 0 aromatic heterocycles. The summed E-state index contributed by atoms with van der Waals surface area (Å²) in [5, 5.41) is 3.86. The standard InChI is InChI=1S/C12H17ClFNS/c1-3-16-8-9(2)15-7-10-6-11(13)4-5-12(10)14/h4-6,9,15H,3,7-8H2,1-2H3. The minimum absolute atomic E-state index is 0.202. The normalized spacial score (nSPS) is 12.8. The van der Waals surface area contributed by atoms with Crippen LogP contribution in [0.4, 0.5) is 4.39 Å². The summed E-state index contributed by atoms with van der Waals surface area (Å²) in [6, 6.07) is 5.02. The third kappa shape index (κ3) is 4.73. The molecule has 1 atom stereocenters. The van der Waals surface area contributed by atoms with E-state index in [1.807, 2.05) is 11.8 Å². The zero-order chi connectivity index (χ0) is 12.0. The summed E-state index contributed by atoms with van der Waals surface area (Å²) in [6.45, 7) is 4.76. The van der Waals surface area contributed by atoms with Gasteiger partial charge in [0.1, 0.15) is 5.82 Å². The molecule has 0 aliphatic heterocycles. The van der Waals surface area contributed by atoms with Gasteiger partial charge in [0, 0.05) is 28.9 Å². The van der Waals surface area contributed by atoms with Crippen molar-refractivity contribution in [2.45, 2.75) is 26.4 Å². The van der Waals surface area contributed by atoms with Crippen LogP contribution in [0.1, 0.15) is 19.4 Å². The van der Waals surface area contributed by atoms with Gasteiger partial charge in [-0.05, 0) is 30.9 Å². The van der Waals surface area contributed by atoms with Gasteiger partial charge in [0.05, 0.1) is 0 Å². The molecular weight excluding hydrogens is 245 g/mol. The number of halogens is 2. The van der Waals surface area contributed by atoms with E-state index in [0.717, 1.165) is 11.5 Å². The van der Waals surface area contributed by atoms with Crippen LogP contribution in [-0.4, -0.2) is 17.5 Å². The Labute approximate surface area is 106 Å². The van der Waals surface area contributed by atoms with Gasteiger partial charge in [-0.3, -0.25) is 0 Å². The molecule has 16 heavy (non-hydrogen) atoms. The molecule has 1 unspecified atom stereocenters. The molecule has 0 aliphatic rings. The summed E-state index contributed by atoms with van der Waals surface area (Å²) in [5.41, 5.74) is 0.626. The van der Waals surface area contributed by atoms with Gasteiger partial charge in [-0.1, -0.05) is 18.5 Å². The highest BCUT2D eigenvalue weighted by Gasteiger charge is 2.05. The Hall–Kier alpha value is -0.250. The Morgan fingerprint density at radius 2 is 2.25 bits per heavy atom. The summed E-state index contributed by atoms with van der Waals surface area (Å²) in [6.07, 6.45) is 0. The summed E-state index contributed by atoms with van der Waals surface area (Å²) < 4.78 is 13.4. The van der Waals surface area contributed by atoms with Crippen LogP contribution in [0.5, 0.6) is 0 Å². The quantitative estimate of drug-likeness (QED) is 0.838. The van der Waals surface area contributed by atoms with Crippen LogP contribution < -0.4 is 5.32 Å². The second-order valence-corrected chi connectivity index (χ2v) is 5.43. The number of thioether (sulfide) groups is 1. The Balaban J connectivity index is 2.44. The molecule has 0 fully saturated rings. The molecule has 1 N–H and O–H groups in total. The average Bonchev–Trinajstić information content (AvgIpc) is 2.27. The highest BCUT2D eigenvalue weighted by Crippen LogP contribution is 2.15. The van der Waals surface area contributed by atoms with Gasteiger partial charge in [0.25, 0.3) is 0 Å². The zero-order valence-corrected chi connectivity index (χ0v) is 11.2. The van der Waals surface area contributed by atoms with Crippen LogP contribution in [0.3, 0.4) is 0 Å². The van der Waals surface area contributed by atoms with E-state index in [-0.39, 0.29) is 5.82 Å². The number of hydrogen-bond donors (Lipinski definition) is 1. The van der Waals surface area contributed by atoms with Crippen LogP contribution >= 0.6 is 23.4 Å². The van der Waals surface area contributed by atoms with Crippen molar-refractivity contribution in [3.63, 3.8) is 0 Å². The maximum absolute atomic E-state index is 13.4. The van der Waals surface area contributed by atoms with E-state index in [2.05, 4.69) is 19.2 Å².